The van der Waals surface area contributed by atoms with Crippen LogP contribution in [0.15, 0.2) is 34.6 Å². The molecule has 2 heterocycles. The third-order valence-corrected chi connectivity index (χ3v) is 5.91. The Labute approximate surface area is 183 Å². The zero-order chi connectivity index (χ0) is 21.3. The van der Waals surface area contributed by atoms with Gasteiger partial charge in [-0.3, -0.25) is 4.79 Å². The van der Waals surface area contributed by atoms with Crippen LogP contribution in [0, 0.1) is 0 Å². The molecule has 1 saturated heterocycles. The van der Waals surface area contributed by atoms with Crippen LogP contribution in [0.2, 0.25) is 0 Å². The van der Waals surface area contributed by atoms with Crippen LogP contribution in [-0.4, -0.2) is 62.0 Å². The predicted molar refractivity (Wildman–Crippen MR) is 125 cm³/mol. The number of aliphatic imine (C=N–C) groups is 1. The number of nitrogens with zero attached hydrogens (tertiary/aromatic N) is 4. The van der Waals surface area contributed by atoms with E-state index < -0.39 is 0 Å². The van der Waals surface area contributed by atoms with Crippen LogP contribution >= 0.6 is 11.3 Å². The summed E-state index contributed by atoms with van der Waals surface area (Å²) in [6.07, 6.45) is 3.41. The quantitative estimate of drug-likeness (QED) is 0.500. The van der Waals surface area contributed by atoms with Crippen molar-refractivity contribution < 1.29 is 4.79 Å². The number of rotatable bonds is 8. The van der Waals surface area contributed by atoms with Gasteiger partial charge in [0.25, 0.3) is 5.91 Å². The minimum Gasteiger partial charge on any atom is -0.357 e. The minimum atomic E-state index is 0.00925. The number of carbonyl (C=O) groups is 1. The van der Waals surface area contributed by atoms with Crippen LogP contribution in [0.25, 0.3) is 0 Å². The van der Waals surface area contributed by atoms with Crippen LogP contribution in [-0.2, 0) is 13.0 Å². The molecule has 162 valence electrons. The van der Waals surface area contributed by atoms with Gasteiger partial charge in [0.05, 0.1) is 12.2 Å². The summed E-state index contributed by atoms with van der Waals surface area (Å²) in [5, 5.41) is 9.99. The molecule has 1 amide bonds. The number of aromatic nitrogens is 1. The summed E-state index contributed by atoms with van der Waals surface area (Å²) >= 11 is 1.74. The van der Waals surface area contributed by atoms with Gasteiger partial charge in [-0.2, -0.15) is 0 Å². The van der Waals surface area contributed by atoms with Gasteiger partial charge in [0, 0.05) is 57.6 Å². The summed E-state index contributed by atoms with van der Waals surface area (Å²) in [5.41, 5.74) is 2.89. The van der Waals surface area contributed by atoms with Crippen LogP contribution < -0.4 is 15.5 Å². The molecule has 1 aromatic carbocycles. The first-order valence-electron chi connectivity index (χ1n) is 10.6. The molecule has 30 heavy (non-hydrogen) atoms. The molecule has 0 spiro atoms. The number of thiazole rings is 1. The normalized spacial score (nSPS) is 14.1. The lowest BCUT2D eigenvalue weighted by Gasteiger charge is -2.12. The number of benzene rings is 1. The Morgan fingerprint density at radius 3 is 2.60 bits per heavy atom. The lowest BCUT2D eigenvalue weighted by molar-refractivity contribution is 0.0827. The van der Waals surface area contributed by atoms with Crippen LogP contribution in [0.1, 0.15) is 41.4 Å². The maximum atomic E-state index is 12.0. The fraction of sp³-hybridized carbons (Fsp3) is 0.500. The van der Waals surface area contributed by atoms with Crippen LogP contribution in [0.4, 0.5) is 5.13 Å². The standard InChI is InChI=1S/C22H32N6OS/c1-4-23-21(25-15-17-7-9-18(10-8-17)20(29)27(2)3)24-12-11-19-16-30-22(26-19)28-13-5-6-14-28/h7-10,16H,4-6,11-15H2,1-3H3,(H2,23,24,25). The molecular weight excluding hydrogens is 396 g/mol. The van der Waals surface area contributed by atoms with E-state index in [2.05, 4.69) is 32.8 Å². The molecule has 2 aromatic rings. The van der Waals surface area contributed by atoms with Crippen LogP contribution in [0.3, 0.4) is 0 Å². The smallest absolute Gasteiger partial charge is 0.253 e. The molecule has 1 fully saturated rings. The van der Waals surface area contributed by atoms with E-state index in [9.17, 15) is 4.79 Å². The number of amides is 1. The third kappa shape index (κ3) is 6.19. The number of guanidine groups is 1. The Bertz CT molecular complexity index is 840. The maximum absolute atomic E-state index is 12.0. The molecule has 0 unspecified atom stereocenters. The van der Waals surface area contributed by atoms with Gasteiger partial charge in [-0.25, -0.2) is 9.98 Å². The third-order valence-electron chi connectivity index (χ3n) is 4.96. The first-order valence-corrected chi connectivity index (χ1v) is 11.5. The van der Waals surface area contributed by atoms with E-state index >= 15 is 0 Å². The summed E-state index contributed by atoms with van der Waals surface area (Å²) in [6.45, 7) is 6.46. The van der Waals surface area contributed by atoms with Crippen LogP contribution in [0.5, 0.6) is 0 Å². The van der Waals surface area contributed by atoms with Gasteiger partial charge in [-0.15, -0.1) is 11.3 Å². The molecule has 0 aliphatic carbocycles. The lowest BCUT2D eigenvalue weighted by atomic mass is 10.1. The predicted octanol–water partition coefficient (Wildman–Crippen LogP) is 2.74. The minimum absolute atomic E-state index is 0.00925. The summed E-state index contributed by atoms with van der Waals surface area (Å²) in [5.74, 6) is 0.802. The van der Waals surface area contributed by atoms with E-state index in [1.165, 1.54) is 12.8 Å². The molecule has 1 aliphatic rings. The van der Waals surface area contributed by atoms with Crippen molar-refractivity contribution in [3.8, 4) is 0 Å². The highest BCUT2D eigenvalue weighted by atomic mass is 32.1. The summed E-state index contributed by atoms with van der Waals surface area (Å²) in [6, 6.07) is 7.62. The number of carbonyl (C=O) groups excluding carboxylic acids is 1. The van der Waals surface area contributed by atoms with Gasteiger partial charge in [-0.1, -0.05) is 12.1 Å². The summed E-state index contributed by atoms with van der Waals surface area (Å²) in [7, 11) is 3.52. The zero-order valence-electron chi connectivity index (χ0n) is 18.1. The Morgan fingerprint density at radius 2 is 1.93 bits per heavy atom. The molecule has 0 bridgehead atoms. The summed E-state index contributed by atoms with van der Waals surface area (Å²) < 4.78 is 0. The van der Waals surface area contributed by atoms with Crippen molar-refractivity contribution in [2.75, 3.05) is 45.2 Å². The van der Waals surface area contributed by atoms with Crippen molar-refractivity contribution in [2.45, 2.75) is 32.7 Å². The average Bonchev–Trinajstić information content (AvgIpc) is 3.43. The van der Waals surface area contributed by atoms with Crippen molar-refractivity contribution in [1.29, 1.82) is 0 Å². The Morgan fingerprint density at radius 1 is 1.20 bits per heavy atom. The van der Waals surface area contributed by atoms with Crippen molar-refractivity contribution in [3.63, 3.8) is 0 Å². The highest BCUT2D eigenvalue weighted by Gasteiger charge is 2.15. The molecule has 0 saturated carbocycles. The molecule has 0 atom stereocenters. The second kappa shape index (κ2) is 11.0. The molecule has 0 radical (unpaired) electrons. The molecule has 8 heteroatoms. The second-order valence-electron chi connectivity index (χ2n) is 7.58. The van der Waals surface area contributed by atoms with Gasteiger partial charge in [-0.05, 0) is 37.5 Å². The molecule has 1 aliphatic heterocycles. The van der Waals surface area contributed by atoms with E-state index in [0.717, 1.165) is 54.9 Å². The van der Waals surface area contributed by atoms with E-state index in [1.807, 2.05) is 24.3 Å². The van der Waals surface area contributed by atoms with Gasteiger partial charge >= 0.3 is 0 Å². The molecular formula is C22H32N6OS. The zero-order valence-corrected chi connectivity index (χ0v) is 19.0. The van der Waals surface area contributed by atoms with E-state index in [1.54, 1.807) is 30.3 Å². The molecule has 7 nitrogen and oxygen atoms in total. The highest BCUT2D eigenvalue weighted by molar-refractivity contribution is 7.13. The Balaban J connectivity index is 1.50. The fourth-order valence-corrected chi connectivity index (χ4v) is 4.21. The molecule has 2 N–H and O–H groups in total. The lowest BCUT2D eigenvalue weighted by Crippen LogP contribution is -2.38. The van der Waals surface area contributed by atoms with Crippen molar-refractivity contribution in [3.05, 3.63) is 46.5 Å². The second-order valence-corrected chi connectivity index (χ2v) is 8.42. The Hall–Kier alpha value is -2.61. The first-order chi connectivity index (χ1) is 14.6. The van der Waals surface area contributed by atoms with E-state index in [4.69, 9.17) is 4.98 Å². The first kappa shape index (κ1) is 22.1. The highest BCUT2D eigenvalue weighted by Crippen LogP contribution is 2.24. The van der Waals surface area contributed by atoms with Crippen molar-refractivity contribution in [1.82, 2.24) is 20.5 Å². The number of hydrogen-bond donors (Lipinski definition) is 2. The van der Waals surface area contributed by atoms with Gasteiger partial charge in [0.2, 0.25) is 0 Å². The van der Waals surface area contributed by atoms with Crippen molar-refractivity contribution >= 4 is 28.3 Å². The average molecular weight is 429 g/mol. The van der Waals surface area contributed by atoms with Gasteiger partial charge < -0.3 is 20.4 Å². The summed E-state index contributed by atoms with van der Waals surface area (Å²) in [4.78, 5) is 25.4. The monoisotopic (exact) mass is 428 g/mol. The number of anilines is 1. The number of nitrogens with one attached hydrogen (secondary N) is 2. The van der Waals surface area contributed by atoms with E-state index in [0.29, 0.717) is 12.1 Å². The number of hydrogen-bond acceptors (Lipinski definition) is 5. The topological polar surface area (TPSA) is 72.9 Å². The SMILES string of the molecule is CCNC(=NCc1ccc(C(=O)N(C)C)cc1)NCCc1csc(N2CCCC2)n1. The van der Waals surface area contributed by atoms with E-state index in [-0.39, 0.29) is 5.91 Å². The van der Waals surface area contributed by atoms with Crippen molar-refractivity contribution in [2.24, 2.45) is 4.99 Å². The maximum Gasteiger partial charge on any atom is 0.253 e. The largest absolute Gasteiger partial charge is 0.357 e. The van der Waals surface area contributed by atoms with Gasteiger partial charge in [0.1, 0.15) is 0 Å². The van der Waals surface area contributed by atoms with Gasteiger partial charge in [0.15, 0.2) is 11.1 Å². The molecule has 1 aromatic heterocycles. The Kier molecular flexibility index (Phi) is 8.07. The molecule has 3 rings (SSSR count). The fourth-order valence-electron chi connectivity index (χ4n) is 3.30.